The highest BCUT2D eigenvalue weighted by Gasteiger charge is 2.24. The first-order valence-electron chi connectivity index (χ1n) is 6.72. The molecule has 0 bridgehead atoms. The molecular weight excluding hydrogens is 226 g/mol. The molecule has 0 saturated carbocycles. The molecule has 2 heterocycles. The van der Waals surface area contributed by atoms with Gasteiger partial charge in [0.15, 0.2) is 0 Å². The number of carbonyl (C=O) groups excluding carboxylic acids is 1. The molecule has 1 atom stereocenters. The number of nitrogens with zero attached hydrogens (tertiary/aromatic N) is 2. The fourth-order valence-electron chi connectivity index (χ4n) is 2.34. The molecule has 4 nitrogen and oxygen atoms in total. The number of hydrogen-bond donors (Lipinski definition) is 1. The van der Waals surface area contributed by atoms with Crippen LogP contribution in [-0.2, 0) is 11.3 Å². The Balaban J connectivity index is 1.97. The van der Waals surface area contributed by atoms with Gasteiger partial charge < -0.3 is 10.2 Å². The van der Waals surface area contributed by atoms with Gasteiger partial charge in [-0.15, -0.1) is 0 Å². The van der Waals surface area contributed by atoms with Crippen molar-refractivity contribution in [2.45, 2.75) is 38.8 Å². The topological polar surface area (TPSA) is 45.2 Å². The van der Waals surface area contributed by atoms with E-state index >= 15 is 0 Å². The molecule has 0 spiro atoms. The standard InChI is InChI=1S/C14H21N3O/c1-2-17(11-12-6-9-15-10-7-12)14(18)13-5-3-4-8-16-13/h6-7,9-10,13,16H,2-5,8,11H2,1H3. The Kier molecular flexibility index (Phi) is 4.70. The number of pyridine rings is 1. The summed E-state index contributed by atoms with van der Waals surface area (Å²) in [6.07, 6.45) is 6.83. The zero-order chi connectivity index (χ0) is 12.8. The van der Waals surface area contributed by atoms with Crippen molar-refractivity contribution in [1.29, 1.82) is 0 Å². The average molecular weight is 247 g/mol. The number of piperidine rings is 1. The van der Waals surface area contributed by atoms with Crippen molar-refractivity contribution in [2.24, 2.45) is 0 Å². The first-order chi connectivity index (χ1) is 8.81. The summed E-state index contributed by atoms with van der Waals surface area (Å²) in [5.41, 5.74) is 1.14. The zero-order valence-corrected chi connectivity index (χ0v) is 10.9. The molecule has 1 aliphatic heterocycles. The van der Waals surface area contributed by atoms with Gasteiger partial charge in [-0.3, -0.25) is 9.78 Å². The summed E-state index contributed by atoms with van der Waals surface area (Å²) in [5.74, 6) is 0.231. The van der Waals surface area contributed by atoms with E-state index in [0.29, 0.717) is 6.54 Å². The first kappa shape index (κ1) is 13.0. The van der Waals surface area contributed by atoms with Crippen molar-refractivity contribution >= 4 is 5.91 Å². The molecule has 0 radical (unpaired) electrons. The van der Waals surface area contributed by atoms with Gasteiger partial charge in [0.1, 0.15) is 0 Å². The number of aromatic nitrogens is 1. The lowest BCUT2D eigenvalue weighted by Crippen LogP contribution is -2.48. The molecule has 0 aliphatic carbocycles. The van der Waals surface area contributed by atoms with Crippen LogP contribution in [0.25, 0.3) is 0 Å². The number of rotatable bonds is 4. The number of nitrogens with one attached hydrogen (secondary N) is 1. The van der Waals surface area contributed by atoms with Crippen molar-refractivity contribution in [3.05, 3.63) is 30.1 Å². The van der Waals surface area contributed by atoms with Crippen molar-refractivity contribution in [2.75, 3.05) is 13.1 Å². The number of carbonyl (C=O) groups is 1. The summed E-state index contributed by atoms with van der Waals surface area (Å²) in [6.45, 7) is 4.42. The van der Waals surface area contributed by atoms with Crippen LogP contribution in [0.4, 0.5) is 0 Å². The first-order valence-corrected chi connectivity index (χ1v) is 6.72. The maximum atomic E-state index is 12.4. The molecule has 98 valence electrons. The van der Waals surface area contributed by atoms with Crippen LogP contribution in [0.2, 0.25) is 0 Å². The third-order valence-electron chi connectivity index (χ3n) is 3.42. The van der Waals surface area contributed by atoms with E-state index in [1.54, 1.807) is 12.4 Å². The van der Waals surface area contributed by atoms with Gasteiger partial charge in [0.2, 0.25) is 5.91 Å². The van der Waals surface area contributed by atoms with Crippen molar-refractivity contribution < 1.29 is 4.79 Å². The second-order valence-electron chi connectivity index (χ2n) is 4.71. The van der Waals surface area contributed by atoms with Gasteiger partial charge in [-0.25, -0.2) is 0 Å². The quantitative estimate of drug-likeness (QED) is 0.878. The van der Waals surface area contributed by atoms with Crippen molar-refractivity contribution in [3.63, 3.8) is 0 Å². The summed E-state index contributed by atoms with van der Waals surface area (Å²) in [6, 6.07) is 3.94. The molecule has 0 aromatic carbocycles. The fraction of sp³-hybridized carbons (Fsp3) is 0.571. The smallest absolute Gasteiger partial charge is 0.239 e. The van der Waals surface area contributed by atoms with Crippen LogP contribution >= 0.6 is 0 Å². The summed E-state index contributed by atoms with van der Waals surface area (Å²) >= 11 is 0. The van der Waals surface area contributed by atoms with Crippen LogP contribution in [-0.4, -0.2) is 34.9 Å². The Morgan fingerprint density at radius 3 is 2.83 bits per heavy atom. The van der Waals surface area contributed by atoms with Crippen molar-refractivity contribution in [1.82, 2.24) is 15.2 Å². The minimum Gasteiger partial charge on any atom is -0.337 e. The van der Waals surface area contributed by atoms with Crippen molar-refractivity contribution in [3.8, 4) is 0 Å². The lowest BCUT2D eigenvalue weighted by atomic mass is 10.0. The lowest BCUT2D eigenvalue weighted by Gasteiger charge is -2.29. The van der Waals surface area contributed by atoms with Gasteiger partial charge in [0.05, 0.1) is 6.04 Å². The molecule has 1 aliphatic rings. The Bertz CT molecular complexity index is 374. The lowest BCUT2D eigenvalue weighted by molar-refractivity contribution is -0.134. The second kappa shape index (κ2) is 6.50. The predicted octanol–water partition coefficient (Wildman–Crippen LogP) is 1.57. The Morgan fingerprint density at radius 2 is 2.22 bits per heavy atom. The van der Waals surface area contributed by atoms with E-state index in [0.717, 1.165) is 31.5 Å². The second-order valence-corrected chi connectivity index (χ2v) is 4.71. The Labute approximate surface area is 108 Å². The van der Waals surface area contributed by atoms with E-state index in [9.17, 15) is 4.79 Å². The average Bonchev–Trinajstić information content (AvgIpc) is 2.46. The van der Waals surface area contributed by atoms with Gasteiger partial charge in [0.25, 0.3) is 0 Å². The molecule has 1 unspecified atom stereocenters. The summed E-state index contributed by atoms with van der Waals surface area (Å²) in [7, 11) is 0. The fourth-order valence-corrected chi connectivity index (χ4v) is 2.34. The molecule has 4 heteroatoms. The molecule has 1 N–H and O–H groups in total. The molecule has 1 aromatic rings. The molecule has 1 amide bonds. The largest absolute Gasteiger partial charge is 0.337 e. The SMILES string of the molecule is CCN(Cc1ccncc1)C(=O)C1CCCCN1. The van der Waals surface area contributed by atoms with E-state index in [-0.39, 0.29) is 11.9 Å². The summed E-state index contributed by atoms with van der Waals surface area (Å²) < 4.78 is 0. The number of likely N-dealkylation sites (N-methyl/N-ethyl adjacent to an activating group) is 1. The normalized spacial score (nSPS) is 19.5. The van der Waals surface area contributed by atoms with E-state index in [1.165, 1.54) is 6.42 Å². The highest BCUT2D eigenvalue weighted by atomic mass is 16.2. The van der Waals surface area contributed by atoms with Gasteiger partial charge in [-0.05, 0) is 44.0 Å². The minimum absolute atomic E-state index is 0.0144. The molecular formula is C14H21N3O. The molecule has 2 rings (SSSR count). The Hall–Kier alpha value is -1.42. The summed E-state index contributed by atoms with van der Waals surface area (Å²) in [4.78, 5) is 18.3. The van der Waals surface area contributed by atoms with E-state index in [4.69, 9.17) is 0 Å². The minimum atomic E-state index is 0.0144. The van der Waals surface area contributed by atoms with Gasteiger partial charge >= 0.3 is 0 Å². The third-order valence-corrected chi connectivity index (χ3v) is 3.42. The van der Waals surface area contributed by atoms with Crippen LogP contribution in [0, 0.1) is 0 Å². The molecule has 18 heavy (non-hydrogen) atoms. The van der Waals surface area contributed by atoms with Gasteiger partial charge in [-0.1, -0.05) is 6.42 Å². The third kappa shape index (κ3) is 3.29. The number of amides is 1. The molecule has 1 aromatic heterocycles. The van der Waals surface area contributed by atoms with Crippen LogP contribution in [0.15, 0.2) is 24.5 Å². The van der Waals surface area contributed by atoms with E-state index < -0.39 is 0 Å². The molecule has 1 saturated heterocycles. The Morgan fingerprint density at radius 1 is 1.44 bits per heavy atom. The molecule has 1 fully saturated rings. The van der Waals surface area contributed by atoms with Gasteiger partial charge in [0, 0.05) is 25.5 Å². The van der Waals surface area contributed by atoms with Crippen LogP contribution in [0.5, 0.6) is 0 Å². The van der Waals surface area contributed by atoms with Crippen LogP contribution < -0.4 is 5.32 Å². The van der Waals surface area contributed by atoms with Gasteiger partial charge in [-0.2, -0.15) is 0 Å². The van der Waals surface area contributed by atoms with Crippen LogP contribution in [0.1, 0.15) is 31.7 Å². The number of hydrogen-bond acceptors (Lipinski definition) is 3. The van der Waals surface area contributed by atoms with E-state index in [1.807, 2.05) is 24.0 Å². The monoisotopic (exact) mass is 247 g/mol. The highest BCUT2D eigenvalue weighted by Crippen LogP contribution is 2.12. The summed E-state index contributed by atoms with van der Waals surface area (Å²) in [5, 5.41) is 3.32. The maximum Gasteiger partial charge on any atom is 0.239 e. The highest BCUT2D eigenvalue weighted by molar-refractivity contribution is 5.82. The maximum absolute atomic E-state index is 12.4. The van der Waals surface area contributed by atoms with E-state index in [2.05, 4.69) is 10.3 Å². The predicted molar refractivity (Wildman–Crippen MR) is 71.0 cm³/mol. The zero-order valence-electron chi connectivity index (χ0n) is 10.9. The van der Waals surface area contributed by atoms with Crippen LogP contribution in [0.3, 0.4) is 0 Å².